The number of benzene rings is 1. The molecule has 0 unspecified atom stereocenters. The molecule has 0 N–H and O–H groups in total. The zero-order chi connectivity index (χ0) is 22.2. The van der Waals surface area contributed by atoms with Crippen LogP contribution >= 0.6 is 0 Å². The van der Waals surface area contributed by atoms with E-state index in [9.17, 15) is 0 Å². The summed E-state index contributed by atoms with van der Waals surface area (Å²) in [6, 6.07) is 12.0. The maximum Gasteiger partial charge on any atom is 0.151 e. The van der Waals surface area contributed by atoms with Crippen molar-refractivity contribution in [2.75, 3.05) is 0 Å². The third kappa shape index (κ3) is 3.51. The van der Waals surface area contributed by atoms with Crippen LogP contribution in [0.1, 0.15) is 34.7 Å². The van der Waals surface area contributed by atoms with Crippen LogP contribution in [-0.2, 0) is 0 Å². The molecule has 4 aromatic heterocycles. The van der Waals surface area contributed by atoms with Gasteiger partial charge < -0.3 is 0 Å². The quantitative estimate of drug-likeness (QED) is 0.324. The van der Waals surface area contributed by atoms with E-state index in [1.165, 1.54) is 0 Å². The van der Waals surface area contributed by atoms with Gasteiger partial charge in [0, 0.05) is 10.8 Å². The average Bonchev–Trinajstić information content (AvgIpc) is 3.30. The standard InChI is InChI=1S/C22H20N10/c1-13-27-28-14(2)31(13)23-11-19-9-7-17-5-6-18-8-10-20(26-22(18)21(17)25-19)12-24-32-15(3)29-30-16(32)4/h5-12H,1-4H3/b23-11+,24-12+. The first-order valence-electron chi connectivity index (χ1n) is 10.1. The van der Waals surface area contributed by atoms with Crippen LogP contribution in [0, 0.1) is 27.7 Å². The van der Waals surface area contributed by atoms with Crippen molar-refractivity contribution < 1.29 is 0 Å². The van der Waals surface area contributed by atoms with Crippen molar-refractivity contribution in [2.24, 2.45) is 10.2 Å². The smallest absolute Gasteiger partial charge is 0.151 e. The van der Waals surface area contributed by atoms with Crippen LogP contribution in [0.4, 0.5) is 0 Å². The largest absolute Gasteiger partial charge is 0.244 e. The number of hydrogen-bond acceptors (Lipinski definition) is 8. The van der Waals surface area contributed by atoms with E-state index >= 15 is 0 Å². The molecular weight excluding hydrogens is 404 g/mol. The molecule has 10 nitrogen and oxygen atoms in total. The van der Waals surface area contributed by atoms with Crippen LogP contribution in [0.25, 0.3) is 21.8 Å². The van der Waals surface area contributed by atoms with E-state index in [1.54, 1.807) is 21.8 Å². The Morgan fingerprint density at radius 2 is 0.906 bits per heavy atom. The van der Waals surface area contributed by atoms with Gasteiger partial charge in [-0.05, 0) is 39.8 Å². The molecule has 0 saturated carbocycles. The minimum absolute atomic E-state index is 0.717. The highest BCUT2D eigenvalue weighted by atomic mass is 15.5. The Morgan fingerprint density at radius 1 is 0.562 bits per heavy atom. The average molecular weight is 424 g/mol. The Labute approximate surface area is 183 Å². The number of aromatic nitrogens is 8. The van der Waals surface area contributed by atoms with Crippen LogP contribution in [0.2, 0.25) is 0 Å². The number of pyridine rings is 2. The second-order valence-corrected chi connectivity index (χ2v) is 7.38. The molecule has 1 aromatic carbocycles. The van der Waals surface area contributed by atoms with Crippen LogP contribution in [-0.4, -0.2) is 52.1 Å². The zero-order valence-electron chi connectivity index (χ0n) is 18.1. The van der Waals surface area contributed by atoms with Gasteiger partial charge in [-0.3, -0.25) is 0 Å². The molecule has 0 aliphatic carbocycles. The number of nitrogens with zero attached hydrogens (tertiary/aromatic N) is 10. The van der Waals surface area contributed by atoms with Crippen molar-refractivity contribution in [1.29, 1.82) is 0 Å². The summed E-state index contributed by atoms with van der Waals surface area (Å²) in [4.78, 5) is 9.61. The summed E-state index contributed by atoms with van der Waals surface area (Å²) in [5.41, 5.74) is 3.04. The van der Waals surface area contributed by atoms with Gasteiger partial charge in [-0.2, -0.15) is 10.2 Å². The number of rotatable bonds is 4. The lowest BCUT2D eigenvalue weighted by Crippen LogP contribution is -1.99. The van der Waals surface area contributed by atoms with Crippen molar-refractivity contribution in [3.05, 3.63) is 71.1 Å². The summed E-state index contributed by atoms with van der Waals surface area (Å²) in [7, 11) is 0. The van der Waals surface area contributed by atoms with Crippen LogP contribution in [0.3, 0.4) is 0 Å². The highest BCUT2D eigenvalue weighted by Gasteiger charge is 2.07. The fraction of sp³-hybridized carbons (Fsp3) is 0.182. The van der Waals surface area contributed by atoms with Gasteiger partial charge in [-0.1, -0.05) is 24.3 Å². The molecule has 5 aromatic rings. The van der Waals surface area contributed by atoms with Gasteiger partial charge in [0.2, 0.25) is 0 Å². The van der Waals surface area contributed by atoms with E-state index < -0.39 is 0 Å². The van der Waals surface area contributed by atoms with Gasteiger partial charge in [-0.15, -0.1) is 20.4 Å². The van der Waals surface area contributed by atoms with Gasteiger partial charge in [0.05, 0.1) is 34.9 Å². The molecule has 0 aliphatic heterocycles. The molecule has 32 heavy (non-hydrogen) atoms. The van der Waals surface area contributed by atoms with Crippen LogP contribution in [0.5, 0.6) is 0 Å². The Balaban J connectivity index is 1.56. The first kappa shape index (κ1) is 19.6. The Morgan fingerprint density at radius 3 is 1.28 bits per heavy atom. The molecule has 0 aliphatic rings. The summed E-state index contributed by atoms with van der Waals surface area (Å²) in [5, 5.41) is 27.0. The van der Waals surface area contributed by atoms with Gasteiger partial charge in [0.25, 0.3) is 0 Å². The third-order valence-electron chi connectivity index (χ3n) is 5.08. The zero-order valence-corrected chi connectivity index (χ0v) is 18.1. The molecule has 0 fully saturated rings. The van der Waals surface area contributed by atoms with Crippen LogP contribution < -0.4 is 0 Å². The van der Waals surface area contributed by atoms with Gasteiger partial charge >= 0.3 is 0 Å². The van der Waals surface area contributed by atoms with E-state index in [-0.39, 0.29) is 0 Å². The summed E-state index contributed by atoms with van der Waals surface area (Å²) in [6.45, 7) is 7.42. The molecule has 0 amide bonds. The molecule has 5 rings (SSSR count). The Hall–Kier alpha value is -4.34. The van der Waals surface area contributed by atoms with Crippen molar-refractivity contribution in [3.63, 3.8) is 0 Å². The van der Waals surface area contributed by atoms with E-state index in [1.807, 2.05) is 64.1 Å². The normalized spacial score (nSPS) is 12.1. The summed E-state index contributed by atoms with van der Waals surface area (Å²) in [6.07, 6.45) is 3.40. The summed E-state index contributed by atoms with van der Waals surface area (Å²) < 4.78 is 3.35. The molecule has 0 saturated heterocycles. The second kappa shape index (κ2) is 7.73. The minimum atomic E-state index is 0.717. The predicted octanol–water partition coefficient (Wildman–Crippen LogP) is 2.96. The number of hydrogen-bond donors (Lipinski definition) is 0. The maximum absolute atomic E-state index is 4.81. The van der Waals surface area contributed by atoms with Gasteiger partial charge in [0.1, 0.15) is 0 Å². The van der Waals surface area contributed by atoms with E-state index in [2.05, 4.69) is 30.6 Å². The molecule has 0 bridgehead atoms. The first-order chi connectivity index (χ1) is 15.5. The fourth-order valence-electron chi connectivity index (χ4n) is 3.44. The fourth-order valence-corrected chi connectivity index (χ4v) is 3.44. The molecule has 0 atom stereocenters. The molecule has 0 spiro atoms. The lowest BCUT2D eigenvalue weighted by atomic mass is 10.1. The Bertz CT molecular complexity index is 1370. The van der Waals surface area contributed by atoms with Crippen molar-refractivity contribution in [3.8, 4) is 0 Å². The summed E-state index contributed by atoms with van der Waals surface area (Å²) >= 11 is 0. The van der Waals surface area contributed by atoms with Crippen molar-refractivity contribution in [2.45, 2.75) is 27.7 Å². The first-order valence-corrected chi connectivity index (χ1v) is 10.1. The Kier molecular flexibility index (Phi) is 4.74. The molecular formula is C22H20N10. The van der Waals surface area contributed by atoms with Gasteiger partial charge in [0.15, 0.2) is 23.3 Å². The molecule has 158 valence electrons. The molecule has 4 heterocycles. The van der Waals surface area contributed by atoms with E-state index in [0.717, 1.165) is 21.8 Å². The lowest BCUT2D eigenvalue weighted by Gasteiger charge is -2.05. The topological polar surface area (TPSA) is 112 Å². The number of fused-ring (bicyclic) bond motifs is 3. The molecule has 0 radical (unpaired) electrons. The van der Waals surface area contributed by atoms with E-state index in [0.29, 0.717) is 34.7 Å². The van der Waals surface area contributed by atoms with E-state index in [4.69, 9.17) is 9.97 Å². The van der Waals surface area contributed by atoms with Crippen molar-refractivity contribution in [1.82, 2.24) is 39.7 Å². The minimum Gasteiger partial charge on any atom is -0.244 e. The summed E-state index contributed by atoms with van der Waals surface area (Å²) in [5.74, 6) is 2.87. The van der Waals surface area contributed by atoms with Crippen LogP contribution in [0.15, 0.2) is 46.6 Å². The highest BCUT2D eigenvalue weighted by Crippen LogP contribution is 2.22. The van der Waals surface area contributed by atoms with Crippen molar-refractivity contribution >= 4 is 34.2 Å². The number of aryl methyl sites for hydroxylation is 4. The van der Waals surface area contributed by atoms with Gasteiger partial charge in [-0.25, -0.2) is 19.3 Å². The lowest BCUT2D eigenvalue weighted by molar-refractivity contribution is 0.798. The second-order valence-electron chi connectivity index (χ2n) is 7.38. The molecule has 10 heteroatoms. The predicted molar refractivity (Wildman–Crippen MR) is 122 cm³/mol. The SMILES string of the molecule is Cc1nnc(C)n1/N=C/c1ccc2ccc3ccc(/C=N/n4c(C)nnc4C)nc3c2n1. The third-order valence-corrected chi connectivity index (χ3v) is 5.08. The monoisotopic (exact) mass is 424 g/mol. The maximum atomic E-state index is 4.81. The highest BCUT2D eigenvalue weighted by molar-refractivity contribution is 6.04.